The van der Waals surface area contributed by atoms with Crippen LogP contribution in [-0.2, 0) is 14.6 Å². The van der Waals surface area contributed by atoms with Gasteiger partial charge in [0.05, 0.1) is 23.5 Å². The number of hydrogen-bond donors (Lipinski definition) is 0. The molecular formula is C18H26N2O4S. The summed E-state index contributed by atoms with van der Waals surface area (Å²) in [6.45, 7) is 3.95. The second-order valence-corrected chi connectivity index (χ2v) is 9.97. The molecular weight excluding hydrogens is 340 g/mol. The van der Waals surface area contributed by atoms with Gasteiger partial charge < -0.3 is 4.74 Å². The highest BCUT2D eigenvalue weighted by Gasteiger charge is 2.43. The van der Waals surface area contributed by atoms with Crippen molar-refractivity contribution >= 4 is 15.7 Å². The molecule has 0 bridgehead atoms. The standard InChI is InChI=1S/C18H26N2O4S/c1-18(2)11-15(14-7-5-6-8-16(14)24-18)17(21)20(19(3)4)13-9-10-25(22,23)12-13/h5-8,13,15H,9-12H2,1-4H3. The normalized spacial score (nSPS) is 26.8. The number of para-hydroxylation sites is 1. The van der Waals surface area contributed by atoms with Gasteiger partial charge in [0.25, 0.3) is 0 Å². The molecule has 1 saturated heterocycles. The Labute approximate surface area is 149 Å². The highest BCUT2D eigenvalue weighted by atomic mass is 32.2. The van der Waals surface area contributed by atoms with E-state index in [0.29, 0.717) is 12.8 Å². The van der Waals surface area contributed by atoms with Gasteiger partial charge in [-0.15, -0.1) is 0 Å². The Hall–Kier alpha value is -1.60. The summed E-state index contributed by atoms with van der Waals surface area (Å²) in [6.07, 6.45) is 1.05. The number of benzene rings is 1. The Kier molecular flexibility index (Phi) is 4.58. The van der Waals surface area contributed by atoms with Gasteiger partial charge in [-0.2, -0.15) is 0 Å². The molecule has 6 nitrogen and oxygen atoms in total. The van der Waals surface area contributed by atoms with Crippen LogP contribution in [0.5, 0.6) is 5.75 Å². The number of carbonyl (C=O) groups excluding carboxylic acids is 1. The molecule has 1 amide bonds. The first-order valence-electron chi connectivity index (χ1n) is 8.58. The molecule has 0 saturated carbocycles. The maximum Gasteiger partial charge on any atom is 0.244 e. The largest absolute Gasteiger partial charge is 0.488 e. The number of rotatable bonds is 3. The topological polar surface area (TPSA) is 66.9 Å². The summed E-state index contributed by atoms with van der Waals surface area (Å²) in [5, 5.41) is 3.35. The summed E-state index contributed by atoms with van der Waals surface area (Å²) in [5.41, 5.74) is 0.425. The van der Waals surface area contributed by atoms with Gasteiger partial charge >= 0.3 is 0 Å². The number of sulfone groups is 1. The lowest BCUT2D eigenvalue weighted by Gasteiger charge is -2.41. The van der Waals surface area contributed by atoms with Crippen LogP contribution in [0, 0.1) is 0 Å². The van der Waals surface area contributed by atoms with Crippen molar-refractivity contribution in [1.29, 1.82) is 0 Å². The molecule has 0 aromatic heterocycles. The van der Waals surface area contributed by atoms with Crippen molar-refractivity contribution in [3.8, 4) is 5.75 Å². The minimum absolute atomic E-state index is 0.0329. The van der Waals surface area contributed by atoms with E-state index in [2.05, 4.69) is 0 Å². The second kappa shape index (κ2) is 6.29. The molecule has 2 aliphatic heterocycles. The lowest BCUT2D eigenvalue weighted by atomic mass is 9.83. The fourth-order valence-corrected chi connectivity index (χ4v) is 5.55. The number of fused-ring (bicyclic) bond motifs is 1. The van der Waals surface area contributed by atoms with Crippen LogP contribution < -0.4 is 4.74 Å². The van der Waals surface area contributed by atoms with Gasteiger partial charge in [-0.25, -0.2) is 13.4 Å². The van der Waals surface area contributed by atoms with Crippen LogP contribution >= 0.6 is 0 Å². The van der Waals surface area contributed by atoms with Crippen LogP contribution in [0.2, 0.25) is 0 Å². The van der Waals surface area contributed by atoms with Crippen LogP contribution in [0.15, 0.2) is 24.3 Å². The lowest BCUT2D eigenvalue weighted by molar-refractivity contribution is -0.152. The van der Waals surface area contributed by atoms with Gasteiger partial charge in [0.1, 0.15) is 11.4 Å². The second-order valence-electron chi connectivity index (χ2n) is 7.74. The zero-order valence-electron chi connectivity index (χ0n) is 15.2. The van der Waals surface area contributed by atoms with Crippen LogP contribution in [0.25, 0.3) is 0 Å². The zero-order chi connectivity index (χ0) is 18.4. The molecule has 2 atom stereocenters. The highest BCUT2D eigenvalue weighted by Crippen LogP contribution is 2.42. The van der Waals surface area contributed by atoms with E-state index in [1.165, 1.54) is 0 Å². The molecule has 7 heteroatoms. The van der Waals surface area contributed by atoms with Crippen molar-refractivity contribution in [3.63, 3.8) is 0 Å². The van der Waals surface area contributed by atoms with E-state index >= 15 is 0 Å². The molecule has 0 N–H and O–H groups in total. The van der Waals surface area contributed by atoms with Gasteiger partial charge in [-0.3, -0.25) is 9.80 Å². The Morgan fingerprint density at radius 2 is 1.92 bits per heavy atom. The smallest absolute Gasteiger partial charge is 0.244 e. The van der Waals surface area contributed by atoms with Gasteiger partial charge in [-0.05, 0) is 26.3 Å². The van der Waals surface area contributed by atoms with Crippen LogP contribution in [0.4, 0.5) is 0 Å². The number of hydrazine groups is 1. The van der Waals surface area contributed by atoms with Crippen molar-refractivity contribution in [1.82, 2.24) is 10.0 Å². The Morgan fingerprint density at radius 1 is 1.24 bits per heavy atom. The number of nitrogens with zero attached hydrogens (tertiary/aromatic N) is 2. The molecule has 3 rings (SSSR count). The molecule has 1 aromatic carbocycles. The third kappa shape index (κ3) is 3.67. The third-order valence-corrected chi connectivity index (χ3v) is 6.64. The first-order chi connectivity index (χ1) is 11.6. The van der Waals surface area contributed by atoms with Crippen molar-refractivity contribution < 1.29 is 17.9 Å². The molecule has 2 unspecified atom stereocenters. The van der Waals surface area contributed by atoms with Crippen LogP contribution in [-0.4, -0.2) is 61.6 Å². The number of ether oxygens (including phenoxy) is 1. The Balaban J connectivity index is 1.95. The van der Waals surface area contributed by atoms with E-state index in [4.69, 9.17) is 4.74 Å². The average Bonchev–Trinajstić information content (AvgIpc) is 2.84. The number of carbonyl (C=O) groups is 1. The maximum atomic E-state index is 13.4. The molecule has 2 heterocycles. The van der Waals surface area contributed by atoms with Gasteiger partial charge in [0.15, 0.2) is 9.84 Å². The molecule has 2 aliphatic rings. The zero-order valence-corrected chi connectivity index (χ0v) is 16.0. The van der Waals surface area contributed by atoms with E-state index in [1.54, 1.807) is 24.1 Å². The van der Waals surface area contributed by atoms with E-state index < -0.39 is 15.4 Å². The Bertz CT molecular complexity index is 773. The average molecular weight is 366 g/mol. The lowest BCUT2D eigenvalue weighted by Crippen LogP contribution is -2.52. The van der Waals surface area contributed by atoms with E-state index in [1.807, 2.05) is 38.1 Å². The molecule has 1 aromatic rings. The van der Waals surface area contributed by atoms with Crippen molar-refractivity contribution in [2.75, 3.05) is 25.6 Å². The van der Waals surface area contributed by atoms with Crippen LogP contribution in [0.3, 0.4) is 0 Å². The highest BCUT2D eigenvalue weighted by molar-refractivity contribution is 7.91. The maximum absolute atomic E-state index is 13.4. The van der Waals surface area contributed by atoms with E-state index in [0.717, 1.165) is 11.3 Å². The fourth-order valence-electron chi connectivity index (χ4n) is 3.85. The summed E-state index contributed by atoms with van der Waals surface area (Å²) in [5.74, 6) is 0.507. The quantitative estimate of drug-likeness (QED) is 0.764. The minimum Gasteiger partial charge on any atom is -0.488 e. The summed E-state index contributed by atoms with van der Waals surface area (Å²) in [6, 6.07) is 7.31. The first-order valence-corrected chi connectivity index (χ1v) is 10.4. The first kappa shape index (κ1) is 18.2. The molecule has 0 aliphatic carbocycles. The van der Waals surface area contributed by atoms with Crippen molar-refractivity contribution in [3.05, 3.63) is 29.8 Å². The van der Waals surface area contributed by atoms with Crippen molar-refractivity contribution in [2.24, 2.45) is 0 Å². The summed E-state index contributed by atoms with van der Waals surface area (Å²) >= 11 is 0. The third-order valence-electron chi connectivity index (χ3n) is 4.89. The monoisotopic (exact) mass is 366 g/mol. The van der Waals surface area contributed by atoms with Gasteiger partial charge in [-0.1, -0.05) is 18.2 Å². The SMILES string of the molecule is CN(C)N(C(=O)C1CC(C)(C)Oc2ccccc21)C1CCS(=O)(=O)C1. The van der Waals surface area contributed by atoms with Gasteiger partial charge in [0.2, 0.25) is 5.91 Å². The number of amides is 1. The summed E-state index contributed by atoms with van der Waals surface area (Å²) < 4.78 is 29.8. The minimum atomic E-state index is -3.07. The fraction of sp³-hybridized carbons (Fsp3) is 0.611. The van der Waals surface area contributed by atoms with E-state index in [-0.39, 0.29) is 29.4 Å². The molecule has 1 fully saturated rings. The number of hydrogen-bond acceptors (Lipinski definition) is 5. The predicted molar refractivity (Wildman–Crippen MR) is 96.1 cm³/mol. The van der Waals surface area contributed by atoms with Crippen molar-refractivity contribution in [2.45, 2.75) is 44.2 Å². The van der Waals surface area contributed by atoms with E-state index in [9.17, 15) is 13.2 Å². The molecule has 0 radical (unpaired) electrons. The molecule has 138 valence electrons. The summed E-state index contributed by atoms with van der Waals surface area (Å²) in [4.78, 5) is 13.4. The van der Waals surface area contributed by atoms with Gasteiger partial charge in [0, 0.05) is 26.1 Å². The van der Waals surface area contributed by atoms with Crippen LogP contribution in [0.1, 0.15) is 38.2 Å². The predicted octanol–water partition coefficient (Wildman–Crippen LogP) is 1.82. The summed E-state index contributed by atoms with van der Waals surface area (Å²) in [7, 11) is 0.515. The molecule has 25 heavy (non-hydrogen) atoms. The Morgan fingerprint density at radius 3 is 2.52 bits per heavy atom. The molecule has 0 spiro atoms.